The molecule has 1 N–H and O–H groups in total. The summed E-state index contributed by atoms with van der Waals surface area (Å²) in [6.45, 7) is -0.444. The number of carbonyl (C=O) groups is 1. The van der Waals surface area contributed by atoms with Gasteiger partial charge in [-0.15, -0.1) is 0 Å². The summed E-state index contributed by atoms with van der Waals surface area (Å²) in [5.74, 6) is -0.668. The van der Waals surface area contributed by atoms with Crippen molar-refractivity contribution >= 4 is 71.2 Å². The highest BCUT2D eigenvalue weighted by atomic mass is 79.9. The Morgan fingerprint density at radius 3 is 2.67 bits per heavy atom. The Balaban J connectivity index is 1.81. The minimum atomic E-state index is -1.06. The van der Waals surface area contributed by atoms with Crippen molar-refractivity contribution in [2.75, 3.05) is 6.61 Å². The summed E-state index contributed by atoms with van der Waals surface area (Å²) < 4.78 is 8.60. The molecule has 0 fully saturated rings. The first kappa shape index (κ1) is 18.1. The fourth-order valence-electron chi connectivity index (χ4n) is 2.70. The summed E-state index contributed by atoms with van der Waals surface area (Å²) in [6.07, 6.45) is 1.77. The van der Waals surface area contributed by atoms with Crippen LogP contribution in [-0.4, -0.2) is 27.1 Å². The van der Waals surface area contributed by atoms with Crippen LogP contribution in [0.5, 0.6) is 5.75 Å². The standard InChI is InChI=1S/C18H10Br2N2O4S/c19-10-5-9(6-11(20)16(10)26-8-15(23)24)7-14-17(25)22-13-4-2-1-3-12(13)21-18(22)27-14/h1-7H,8H2,(H,23,24). The van der Waals surface area contributed by atoms with E-state index < -0.39 is 12.6 Å². The molecule has 0 radical (unpaired) electrons. The van der Waals surface area contributed by atoms with Crippen LogP contribution in [0.2, 0.25) is 0 Å². The Morgan fingerprint density at radius 1 is 1.26 bits per heavy atom. The molecule has 0 amide bonds. The number of rotatable bonds is 4. The number of fused-ring (bicyclic) bond motifs is 3. The minimum Gasteiger partial charge on any atom is -0.480 e. The van der Waals surface area contributed by atoms with Gasteiger partial charge in [0.1, 0.15) is 5.75 Å². The molecule has 9 heteroatoms. The van der Waals surface area contributed by atoms with Gasteiger partial charge in [0.25, 0.3) is 5.56 Å². The van der Waals surface area contributed by atoms with E-state index in [1.807, 2.05) is 24.3 Å². The first-order valence-corrected chi connectivity index (χ1v) is 10.1. The van der Waals surface area contributed by atoms with Crippen LogP contribution in [0.4, 0.5) is 0 Å². The van der Waals surface area contributed by atoms with E-state index in [2.05, 4.69) is 36.8 Å². The maximum Gasteiger partial charge on any atom is 0.341 e. The van der Waals surface area contributed by atoms with Crippen molar-refractivity contribution in [1.29, 1.82) is 0 Å². The largest absolute Gasteiger partial charge is 0.480 e. The lowest BCUT2D eigenvalue weighted by Gasteiger charge is -2.09. The molecule has 2 heterocycles. The summed E-state index contributed by atoms with van der Waals surface area (Å²) in [6, 6.07) is 11.0. The molecule has 4 aromatic rings. The topological polar surface area (TPSA) is 80.9 Å². The van der Waals surface area contributed by atoms with Gasteiger partial charge in [-0.2, -0.15) is 0 Å². The van der Waals surface area contributed by atoms with Crippen LogP contribution in [0.25, 0.3) is 22.1 Å². The van der Waals surface area contributed by atoms with Gasteiger partial charge in [0.2, 0.25) is 0 Å². The molecular formula is C18H10Br2N2O4S. The first-order chi connectivity index (χ1) is 12.9. The number of para-hydroxylation sites is 2. The normalized spacial score (nSPS) is 12.1. The van der Waals surface area contributed by atoms with Crippen molar-refractivity contribution in [1.82, 2.24) is 9.38 Å². The molecular weight excluding hydrogens is 500 g/mol. The number of carboxylic acids is 1. The van der Waals surface area contributed by atoms with Crippen LogP contribution < -0.4 is 14.8 Å². The molecule has 2 aromatic carbocycles. The van der Waals surface area contributed by atoms with E-state index in [-0.39, 0.29) is 5.56 Å². The Hall–Kier alpha value is -2.23. The summed E-state index contributed by atoms with van der Waals surface area (Å²) in [7, 11) is 0. The van der Waals surface area contributed by atoms with Gasteiger partial charge in [-0.25, -0.2) is 14.2 Å². The molecule has 0 saturated heterocycles. The van der Waals surface area contributed by atoms with E-state index in [9.17, 15) is 9.59 Å². The van der Waals surface area contributed by atoms with Crippen LogP contribution >= 0.6 is 43.2 Å². The average Bonchev–Trinajstić information content (AvgIpc) is 3.11. The fraction of sp³-hybridized carbons (Fsp3) is 0.0556. The maximum absolute atomic E-state index is 12.8. The van der Waals surface area contributed by atoms with Gasteiger partial charge in [-0.1, -0.05) is 23.5 Å². The number of aromatic nitrogens is 2. The predicted octanol–water partition coefficient (Wildman–Crippen LogP) is 3.45. The fourth-order valence-corrected chi connectivity index (χ4v) is 5.14. The van der Waals surface area contributed by atoms with Gasteiger partial charge < -0.3 is 9.84 Å². The summed E-state index contributed by atoms with van der Waals surface area (Å²) in [4.78, 5) is 28.6. The molecule has 136 valence electrons. The van der Waals surface area contributed by atoms with Gasteiger partial charge in [0.05, 0.1) is 24.5 Å². The number of carboxylic acid groups (broad SMARTS) is 1. The molecule has 0 spiro atoms. The highest BCUT2D eigenvalue weighted by molar-refractivity contribution is 9.11. The number of halogens is 2. The maximum atomic E-state index is 12.8. The smallest absolute Gasteiger partial charge is 0.341 e. The molecule has 0 aliphatic rings. The van der Waals surface area contributed by atoms with Crippen molar-refractivity contribution in [2.45, 2.75) is 0 Å². The molecule has 0 bridgehead atoms. The third-order valence-electron chi connectivity index (χ3n) is 3.80. The summed E-state index contributed by atoms with van der Waals surface area (Å²) in [5.41, 5.74) is 2.22. The highest BCUT2D eigenvalue weighted by Crippen LogP contribution is 2.35. The second kappa shape index (κ2) is 7.06. The molecule has 0 unspecified atom stereocenters. The van der Waals surface area contributed by atoms with E-state index in [0.717, 1.165) is 16.6 Å². The number of benzene rings is 2. The summed E-state index contributed by atoms with van der Waals surface area (Å²) in [5, 5.41) is 8.76. The third kappa shape index (κ3) is 3.38. The van der Waals surface area contributed by atoms with Crippen LogP contribution in [0.15, 0.2) is 50.1 Å². The van der Waals surface area contributed by atoms with E-state index in [1.165, 1.54) is 11.3 Å². The van der Waals surface area contributed by atoms with Crippen molar-refractivity contribution in [3.63, 3.8) is 0 Å². The second-order valence-corrected chi connectivity index (χ2v) is 8.35. The SMILES string of the molecule is O=C(O)COc1c(Br)cc(C=c2sc3nc4ccccc4n3c2=O)cc1Br. The Kier molecular flexibility index (Phi) is 4.75. The van der Waals surface area contributed by atoms with Crippen molar-refractivity contribution in [3.05, 3.63) is 65.8 Å². The molecule has 0 aliphatic heterocycles. The summed E-state index contributed by atoms with van der Waals surface area (Å²) >= 11 is 8.08. The average molecular weight is 510 g/mol. The zero-order valence-corrected chi connectivity index (χ0v) is 17.5. The number of ether oxygens (including phenoxy) is 1. The molecule has 0 saturated carbocycles. The lowest BCUT2D eigenvalue weighted by Crippen LogP contribution is -2.22. The molecule has 0 atom stereocenters. The zero-order valence-electron chi connectivity index (χ0n) is 13.5. The van der Waals surface area contributed by atoms with Crippen LogP contribution in [0, 0.1) is 0 Å². The van der Waals surface area contributed by atoms with Gasteiger partial charge in [0.15, 0.2) is 11.6 Å². The predicted molar refractivity (Wildman–Crippen MR) is 111 cm³/mol. The number of hydrogen-bond donors (Lipinski definition) is 1. The van der Waals surface area contributed by atoms with Crippen molar-refractivity contribution in [3.8, 4) is 5.75 Å². The molecule has 2 aromatic heterocycles. The van der Waals surface area contributed by atoms with Crippen molar-refractivity contribution < 1.29 is 14.6 Å². The lowest BCUT2D eigenvalue weighted by atomic mass is 10.2. The molecule has 0 aliphatic carbocycles. The van der Waals surface area contributed by atoms with E-state index in [0.29, 0.717) is 24.2 Å². The Morgan fingerprint density at radius 2 is 1.96 bits per heavy atom. The number of nitrogens with zero attached hydrogens (tertiary/aromatic N) is 2. The number of aliphatic carboxylic acids is 1. The second-order valence-electron chi connectivity index (χ2n) is 5.63. The monoisotopic (exact) mass is 508 g/mol. The first-order valence-electron chi connectivity index (χ1n) is 7.69. The molecule has 6 nitrogen and oxygen atoms in total. The van der Waals surface area contributed by atoms with E-state index in [4.69, 9.17) is 9.84 Å². The number of imidazole rings is 1. The van der Waals surface area contributed by atoms with Crippen molar-refractivity contribution in [2.24, 2.45) is 0 Å². The van der Waals surface area contributed by atoms with Gasteiger partial charge in [0, 0.05) is 0 Å². The quantitative estimate of drug-likeness (QED) is 0.455. The molecule has 27 heavy (non-hydrogen) atoms. The highest BCUT2D eigenvalue weighted by Gasteiger charge is 2.13. The van der Waals surface area contributed by atoms with Gasteiger partial charge >= 0.3 is 5.97 Å². The van der Waals surface area contributed by atoms with Crippen LogP contribution in [0.1, 0.15) is 5.56 Å². The van der Waals surface area contributed by atoms with Gasteiger partial charge in [-0.3, -0.25) is 4.79 Å². The zero-order chi connectivity index (χ0) is 19.1. The van der Waals surface area contributed by atoms with Crippen LogP contribution in [0.3, 0.4) is 0 Å². The van der Waals surface area contributed by atoms with E-state index >= 15 is 0 Å². The Bertz CT molecular complexity index is 1290. The number of thiazole rings is 1. The third-order valence-corrected chi connectivity index (χ3v) is 5.95. The Labute approximate surface area is 173 Å². The molecule has 4 rings (SSSR count). The van der Waals surface area contributed by atoms with Crippen LogP contribution in [-0.2, 0) is 4.79 Å². The minimum absolute atomic E-state index is 0.123. The lowest BCUT2D eigenvalue weighted by molar-refractivity contribution is -0.139. The number of hydrogen-bond acceptors (Lipinski definition) is 5. The van der Waals surface area contributed by atoms with E-state index in [1.54, 1.807) is 22.6 Å². The van der Waals surface area contributed by atoms with Gasteiger partial charge in [-0.05, 0) is 67.8 Å².